The van der Waals surface area contributed by atoms with E-state index in [9.17, 15) is 4.79 Å². The lowest BCUT2D eigenvalue weighted by Crippen LogP contribution is -1.90. The van der Waals surface area contributed by atoms with Gasteiger partial charge in [-0.1, -0.05) is 5.57 Å². The summed E-state index contributed by atoms with van der Waals surface area (Å²) in [5.74, 6) is 0. The van der Waals surface area contributed by atoms with Crippen LogP contribution in [0.4, 0.5) is 0 Å². The molecule has 0 radical (unpaired) electrons. The fourth-order valence-electron chi connectivity index (χ4n) is 0.281. The summed E-state index contributed by atoms with van der Waals surface area (Å²) < 4.78 is 4.40. The summed E-state index contributed by atoms with van der Waals surface area (Å²) in [7, 11) is 0. The van der Waals surface area contributed by atoms with Gasteiger partial charge >= 0.3 is 0 Å². The number of hydrogen-bond acceptors (Lipinski definition) is 2. The Bertz CT molecular complexity index is 86.5. The minimum absolute atomic E-state index is 0.447. The minimum atomic E-state index is 0.447. The van der Waals surface area contributed by atoms with Crippen LogP contribution in [0.1, 0.15) is 13.3 Å². The maximum absolute atomic E-state index is 9.53. The lowest BCUT2D eigenvalue weighted by molar-refractivity contribution is -0.128. The van der Waals surface area contributed by atoms with E-state index in [1.165, 1.54) is 0 Å². The third-order valence-corrected chi connectivity index (χ3v) is 0.715. The second-order valence-corrected chi connectivity index (χ2v) is 1.67. The molecule has 8 heavy (non-hydrogen) atoms. The molecule has 46 valence electrons. The third-order valence-electron chi connectivity index (χ3n) is 0.715. The van der Waals surface area contributed by atoms with Crippen LogP contribution < -0.4 is 0 Å². The van der Waals surface area contributed by atoms with Crippen LogP contribution in [-0.2, 0) is 9.53 Å². The van der Waals surface area contributed by atoms with Crippen LogP contribution >= 0.6 is 0 Å². The highest BCUT2D eigenvalue weighted by molar-refractivity contribution is 5.36. The van der Waals surface area contributed by atoms with Crippen LogP contribution in [0.2, 0.25) is 0 Å². The van der Waals surface area contributed by atoms with Crippen molar-refractivity contribution >= 4 is 6.47 Å². The molecule has 0 spiro atoms. The molecule has 0 aliphatic rings. The topological polar surface area (TPSA) is 26.3 Å². The molecule has 0 saturated carbocycles. The largest absolute Gasteiger partial charge is 0.468 e. The Hall–Kier alpha value is -0.790. The Morgan fingerprint density at radius 2 is 2.50 bits per heavy atom. The van der Waals surface area contributed by atoms with Gasteiger partial charge in [-0.05, 0) is 6.92 Å². The van der Waals surface area contributed by atoms with Gasteiger partial charge in [-0.3, -0.25) is 4.79 Å². The zero-order valence-corrected chi connectivity index (χ0v) is 5.02. The summed E-state index contributed by atoms with van der Waals surface area (Å²) in [5, 5.41) is 0. The maximum Gasteiger partial charge on any atom is 0.293 e. The zero-order chi connectivity index (χ0) is 6.41. The van der Waals surface area contributed by atoms with Crippen molar-refractivity contribution in [3.63, 3.8) is 0 Å². The van der Waals surface area contributed by atoms with Gasteiger partial charge < -0.3 is 4.74 Å². The summed E-state index contributed by atoms with van der Waals surface area (Å²) in [6.45, 7) is 6.43. The van der Waals surface area contributed by atoms with E-state index in [1.807, 2.05) is 6.92 Å². The number of carbonyl (C=O) groups excluding carboxylic acids is 1. The molecular weight excluding hydrogens is 104 g/mol. The van der Waals surface area contributed by atoms with Crippen molar-refractivity contribution in [3.8, 4) is 0 Å². The molecule has 0 unspecified atom stereocenters. The molecule has 0 fully saturated rings. The fraction of sp³-hybridized carbons (Fsp3) is 0.500. The van der Waals surface area contributed by atoms with E-state index in [4.69, 9.17) is 0 Å². The van der Waals surface area contributed by atoms with Gasteiger partial charge in [0.15, 0.2) is 0 Å². The molecular formula is C6H10O2. The van der Waals surface area contributed by atoms with Crippen molar-refractivity contribution in [1.29, 1.82) is 0 Å². The minimum Gasteiger partial charge on any atom is -0.468 e. The van der Waals surface area contributed by atoms with Crippen molar-refractivity contribution in [2.24, 2.45) is 0 Å². The monoisotopic (exact) mass is 114 g/mol. The van der Waals surface area contributed by atoms with E-state index in [0.717, 1.165) is 12.0 Å². The Balaban J connectivity index is 2.93. The van der Waals surface area contributed by atoms with E-state index in [2.05, 4.69) is 11.3 Å². The standard InChI is InChI=1S/C6H10O2/c1-6(2)3-4-8-5-7/h5H,1,3-4H2,2H3. The van der Waals surface area contributed by atoms with Crippen molar-refractivity contribution in [3.05, 3.63) is 12.2 Å². The highest BCUT2D eigenvalue weighted by Crippen LogP contribution is 1.92. The Morgan fingerprint density at radius 3 is 2.88 bits per heavy atom. The number of hydrogen-bond donors (Lipinski definition) is 0. The van der Waals surface area contributed by atoms with Gasteiger partial charge in [0.25, 0.3) is 6.47 Å². The SMILES string of the molecule is C=C(C)CCOC=O. The molecule has 2 heteroatoms. The van der Waals surface area contributed by atoms with Gasteiger partial charge in [0, 0.05) is 6.42 Å². The van der Waals surface area contributed by atoms with Gasteiger partial charge in [-0.25, -0.2) is 0 Å². The molecule has 2 nitrogen and oxygen atoms in total. The molecule has 0 atom stereocenters. The number of carbonyl (C=O) groups is 1. The van der Waals surface area contributed by atoms with Crippen molar-refractivity contribution < 1.29 is 9.53 Å². The molecule has 0 aliphatic heterocycles. The van der Waals surface area contributed by atoms with Crippen LogP contribution in [0.25, 0.3) is 0 Å². The summed E-state index contributed by atoms with van der Waals surface area (Å²) in [4.78, 5) is 9.53. The highest BCUT2D eigenvalue weighted by Gasteiger charge is 1.83. The molecule has 0 aliphatic carbocycles. The highest BCUT2D eigenvalue weighted by atomic mass is 16.5. The Labute approximate surface area is 49.1 Å². The normalized spacial score (nSPS) is 8.12. The smallest absolute Gasteiger partial charge is 0.293 e. The molecule has 0 aromatic rings. The Kier molecular flexibility index (Phi) is 3.94. The van der Waals surface area contributed by atoms with Gasteiger partial charge in [0.2, 0.25) is 0 Å². The first-order valence-electron chi connectivity index (χ1n) is 2.47. The first-order chi connectivity index (χ1) is 3.77. The lowest BCUT2D eigenvalue weighted by atomic mass is 10.3. The second kappa shape index (κ2) is 4.37. The summed E-state index contributed by atoms with van der Waals surface area (Å²) in [6.07, 6.45) is 0.763. The molecule has 0 N–H and O–H groups in total. The summed E-state index contributed by atoms with van der Waals surface area (Å²) in [5.41, 5.74) is 1.03. The summed E-state index contributed by atoms with van der Waals surface area (Å²) in [6, 6.07) is 0. The van der Waals surface area contributed by atoms with Crippen LogP contribution in [0.3, 0.4) is 0 Å². The average molecular weight is 114 g/mol. The quantitative estimate of drug-likeness (QED) is 0.311. The van der Waals surface area contributed by atoms with Crippen molar-refractivity contribution in [1.82, 2.24) is 0 Å². The zero-order valence-electron chi connectivity index (χ0n) is 5.02. The molecule has 0 amide bonds. The number of rotatable bonds is 4. The van der Waals surface area contributed by atoms with Gasteiger partial charge in [0.05, 0.1) is 6.61 Å². The van der Waals surface area contributed by atoms with E-state index in [0.29, 0.717) is 13.1 Å². The van der Waals surface area contributed by atoms with Crippen LogP contribution in [0.5, 0.6) is 0 Å². The predicted molar refractivity (Wildman–Crippen MR) is 31.4 cm³/mol. The Morgan fingerprint density at radius 1 is 1.88 bits per heavy atom. The van der Waals surface area contributed by atoms with Crippen molar-refractivity contribution in [2.45, 2.75) is 13.3 Å². The van der Waals surface area contributed by atoms with Crippen molar-refractivity contribution in [2.75, 3.05) is 6.61 Å². The average Bonchev–Trinajstić information content (AvgIpc) is 1.66. The molecule has 0 rings (SSSR count). The molecule has 0 bridgehead atoms. The molecule has 0 aromatic heterocycles. The first kappa shape index (κ1) is 7.21. The summed E-state index contributed by atoms with van der Waals surface area (Å²) >= 11 is 0. The first-order valence-corrected chi connectivity index (χ1v) is 2.47. The van der Waals surface area contributed by atoms with Gasteiger partial charge in [0.1, 0.15) is 0 Å². The van der Waals surface area contributed by atoms with Gasteiger partial charge in [-0.2, -0.15) is 0 Å². The third kappa shape index (κ3) is 5.21. The molecule has 0 heterocycles. The molecule has 0 saturated heterocycles. The molecule has 0 aromatic carbocycles. The van der Waals surface area contributed by atoms with Crippen LogP contribution in [0, 0.1) is 0 Å². The number of ether oxygens (including phenoxy) is 1. The van der Waals surface area contributed by atoms with Crippen LogP contribution in [0.15, 0.2) is 12.2 Å². The van der Waals surface area contributed by atoms with Crippen LogP contribution in [-0.4, -0.2) is 13.1 Å². The van der Waals surface area contributed by atoms with E-state index in [-0.39, 0.29) is 0 Å². The van der Waals surface area contributed by atoms with E-state index >= 15 is 0 Å². The van der Waals surface area contributed by atoms with E-state index in [1.54, 1.807) is 0 Å². The lowest BCUT2D eigenvalue weighted by Gasteiger charge is -1.94. The second-order valence-electron chi connectivity index (χ2n) is 1.67. The van der Waals surface area contributed by atoms with Gasteiger partial charge in [-0.15, -0.1) is 6.58 Å². The maximum atomic E-state index is 9.53. The predicted octanol–water partition coefficient (Wildman–Crippen LogP) is 1.13. The fourth-order valence-corrected chi connectivity index (χ4v) is 0.281. The van der Waals surface area contributed by atoms with E-state index < -0.39 is 0 Å².